The van der Waals surface area contributed by atoms with Crippen molar-refractivity contribution in [3.8, 4) is 11.5 Å². The highest BCUT2D eigenvalue weighted by molar-refractivity contribution is 5.97. The molecule has 0 atom stereocenters. The van der Waals surface area contributed by atoms with E-state index in [1.807, 2.05) is 0 Å². The molecule has 2 amide bonds. The van der Waals surface area contributed by atoms with Gasteiger partial charge in [0.15, 0.2) is 0 Å². The third-order valence-corrected chi connectivity index (χ3v) is 4.56. The Bertz CT molecular complexity index is 1300. The van der Waals surface area contributed by atoms with Crippen molar-refractivity contribution in [1.82, 2.24) is 5.43 Å². The minimum absolute atomic E-state index is 0.0942. The molecule has 3 rings (SSSR count). The summed E-state index contributed by atoms with van der Waals surface area (Å²) in [5, 5.41) is 17.9. The summed E-state index contributed by atoms with van der Waals surface area (Å²) in [6.07, 6.45) is 1.13. The van der Waals surface area contributed by atoms with Gasteiger partial charge in [0.1, 0.15) is 5.75 Å². The molecule has 0 radical (unpaired) electrons. The van der Waals surface area contributed by atoms with Crippen LogP contribution in [0, 0.1) is 10.1 Å². The first kappa shape index (κ1) is 24.6. The molecule has 0 aliphatic carbocycles. The molecule has 0 aliphatic rings. The first-order valence-electron chi connectivity index (χ1n) is 10.1. The number of carbonyl (C=O) groups excluding carboxylic acids is 3. The first-order chi connectivity index (χ1) is 16.8. The van der Waals surface area contributed by atoms with Crippen LogP contribution in [0.15, 0.2) is 71.8 Å². The van der Waals surface area contributed by atoms with E-state index in [-0.39, 0.29) is 28.3 Å². The number of anilines is 1. The van der Waals surface area contributed by atoms with Gasteiger partial charge in [-0.05, 0) is 48.5 Å². The number of esters is 1. The van der Waals surface area contributed by atoms with Crippen LogP contribution in [0.3, 0.4) is 0 Å². The summed E-state index contributed by atoms with van der Waals surface area (Å²) in [5.41, 5.74) is 2.86. The lowest BCUT2D eigenvalue weighted by molar-refractivity contribution is -0.385. The number of methoxy groups -OCH3 is 1. The molecule has 0 aliphatic heterocycles. The summed E-state index contributed by atoms with van der Waals surface area (Å²) >= 11 is 0. The molecule has 11 nitrogen and oxygen atoms in total. The van der Waals surface area contributed by atoms with Crippen molar-refractivity contribution in [2.75, 3.05) is 12.4 Å². The molecule has 0 aromatic heterocycles. The molecule has 0 fully saturated rings. The van der Waals surface area contributed by atoms with Gasteiger partial charge in [0.05, 0.1) is 23.8 Å². The molecule has 3 aromatic carbocycles. The van der Waals surface area contributed by atoms with Gasteiger partial charge in [0.25, 0.3) is 5.91 Å². The summed E-state index contributed by atoms with van der Waals surface area (Å²) in [4.78, 5) is 46.9. The number of hydrogen-bond donors (Lipinski definition) is 2. The number of nitrogens with zero attached hydrogens (tertiary/aromatic N) is 2. The van der Waals surface area contributed by atoms with Crippen LogP contribution in [-0.4, -0.2) is 36.0 Å². The maximum atomic E-state index is 12.6. The molecule has 0 saturated carbocycles. The van der Waals surface area contributed by atoms with Gasteiger partial charge < -0.3 is 14.8 Å². The Hall–Kier alpha value is -5.06. The van der Waals surface area contributed by atoms with E-state index in [9.17, 15) is 24.5 Å². The molecule has 3 aromatic rings. The topological polar surface area (TPSA) is 149 Å². The lowest BCUT2D eigenvalue weighted by atomic mass is 10.1. The van der Waals surface area contributed by atoms with E-state index in [0.717, 1.165) is 6.21 Å². The number of benzene rings is 3. The quantitative estimate of drug-likeness (QED) is 0.166. The standard InChI is InChI=1S/C24H20N4O7/c1-15(29)26-19-11-9-16(10-12-19)23(30)27-25-14-18-6-4-8-21(28(32)33)22(18)35-24(31)17-5-3-7-20(13-17)34-2/h3-14H,1-2H3,(H,26,29)(H,27,30)/b25-14+. The normalized spacial score (nSPS) is 10.5. The van der Waals surface area contributed by atoms with Crippen molar-refractivity contribution in [1.29, 1.82) is 0 Å². The Balaban J connectivity index is 1.79. The van der Waals surface area contributed by atoms with Crippen molar-refractivity contribution in [3.63, 3.8) is 0 Å². The Kier molecular flexibility index (Phi) is 7.86. The van der Waals surface area contributed by atoms with Crippen molar-refractivity contribution in [3.05, 3.63) is 93.5 Å². The second-order valence-corrected chi connectivity index (χ2v) is 7.03. The van der Waals surface area contributed by atoms with E-state index in [2.05, 4.69) is 15.8 Å². The number of ether oxygens (including phenoxy) is 2. The van der Waals surface area contributed by atoms with Crippen molar-refractivity contribution in [2.24, 2.45) is 5.10 Å². The fourth-order valence-corrected chi connectivity index (χ4v) is 2.93. The average Bonchev–Trinajstić information content (AvgIpc) is 2.84. The number of nitrogens with one attached hydrogen (secondary N) is 2. The summed E-state index contributed by atoms with van der Waals surface area (Å²) in [5.74, 6) is -1.56. The van der Waals surface area contributed by atoms with Crippen LogP contribution in [0.25, 0.3) is 0 Å². The number of carbonyl (C=O) groups is 3. The van der Waals surface area contributed by atoms with Crippen molar-refractivity contribution in [2.45, 2.75) is 6.92 Å². The number of rotatable bonds is 8. The zero-order valence-electron chi connectivity index (χ0n) is 18.7. The van der Waals surface area contributed by atoms with Crippen LogP contribution in [0.5, 0.6) is 11.5 Å². The van der Waals surface area contributed by atoms with Gasteiger partial charge >= 0.3 is 11.7 Å². The SMILES string of the molecule is COc1cccc(C(=O)Oc2c(/C=N/NC(=O)c3ccc(NC(C)=O)cc3)cccc2[N+](=O)[O-])c1. The predicted octanol–water partition coefficient (Wildman–Crippen LogP) is 3.54. The molecule has 0 bridgehead atoms. The van der Waals surface area contributed by atoms with Crippen LogP contribution in [0.4, 0.5) is 11.4 Å². The molecule has 0 spiro atoms. The average molecular weight is 476 g/mol. The number of nitro benzene ring substituents is 1. The number of nitro groups is 1. The second-order valence-electron chi connectivity index (χ2n) is 7.03. The first-order valence-corrected chi connectivity index (χ1v) is 10.1. The number of amides is 2. The Morgan fingerprint density at radius 3 is 2.37 bits per heavy atom. The Labute approximate surface area is 199 Å². The number of para-hydroxylation sites is 1. The van der Waals surface area contributed by atoms with Crippen LogP contribution in [0.2, 0.25) is 0 Å². The van der Waals surface area contributed by atoms with E-state index in [1.54, 1.807) is 24.3 Å². The highest BCUT2D eigenvalue weighted by atomic mass is 16.6. The van der Waals surface area contributed by atoms with E-state index < -0.39 is 22.5 Å². The smallest absolute Gasteiger partial charge is 0.343 e. The van der Waals surface area contributed by atoms with Crippen LogP contribution >= 0.6 is 0 Å². The van der Waals surface area contributed by atoms with Crippen LogP contribution < -0.4 is 20.2 Å². The molecular weight excluding hydrogens is 456 g/mol. The van der Waals surface area contributed by atoms with E-state index >= 15 is 0 Å². The summed E-state index contributed by atoms with van der Waals surface area (Å²) < 4.78 is 10.4. The molecule has 178 valence electrons. The summed E-state index contributed by atoms with van der Waals surface area (Å²) in [7, 11) is 1.44. The third-order valence-electron chi connectivity index (χ3n) is 4.56. The fourth-order valence-electron chi connectivity index (χ4n) is 2.93. The number of hydrazone groups is 1. The molecular formula is C24H20N4O7. The lowest BCUT2D eigenvalue weighted by Gasteiger charge is -2.09. The highest BCUT2D eigenvalue weighted by Gasteiger charge is 2.22. The summed E-state index contributed by atoms with van der Waals surface area (Å²) in [6, 6.07) is 16.2. The zero-order valence-corrected chi connectivity index (χ0v) is 18.7. The maximum absolute atomic E-state index is 12.6. The zero-order chi connectivity index (χ0) is 25.4. The van der Waals surface area contributed by atoms with E-state index in [1.165, 1.54) is 56.5 Å². The Morgan fingerprint density at radius 2 is 1.71 bits per heavy atom. The predicted molar refractivity (Wildman–Crippen MR) is 127 cm³/mol. The minimum Gasteiger partial charge on any atom is -0.497 e. The van der Waals surface area contributed by atoms with Gasteiger partial charge in [-0.1, -0.05) is 12.1 Å². The molecule has 35 heavy (non-hydrogen) atoms. The van der Waals surface area contributed by atoms with Crippen LogP contribution in [0.1, 0.15) is 33.2 Å². The largest absolute Gasteiger partial charge is 0.497 e. The molecule has 0 heterocycles. The molecule has 0 saturated heterocycles. The van der Waals surface area contributed by atoms with Gasteiger partial charge in [0.2, 0.25) is 11.7 Å². The van der Waals surface area contributed by atoms with Crippen molar-refractivity contribution < 1.29 is 28.8 Å². The van der Waals surface area contributed by atoms with E-state index in [4.69, 9.17) is 9.47 Å². The Morgan fingerprint density at radius 1 is 1.00 bits per heavy atom. The second kappa shape index (κ2) is 11.2. The highest BCUT2D eigenvalue weighted by Crippen LogP contribution is 2.31. The minimum atomic E-state index is -0.837. The molecule has 0 unspecified atom stereocenters. The summed E-state index contributed by atoms with van der Waals surface area (Å²) in [6.45, 7) is 1.37. The van der Waals surface area contributed by atoms with Gasteiger partial charge in [0, 0.05) is 29.8 Å². The van der Waals surface area contributed by atoms with Gasteiger partial charge in [-0.2, -0.15) is 5.10 Å². The fraction of sp³-hybridized carbons (Fsp3) is 0.0833. The molecule has 11 heteroatoms. The monoisotopic (exact) mass is 476 g/mol. The van der Waals surface area contributed by atoms with Gasteiger partial charge in [-0.15, -0.1) is 0 Å². The van der Waals surface area contributed by atoms with Gasteiger partial charge in [-0.3, -0.25) is 19.7 Å². The van der Waals surface area contributed by atoms with Crippen LogP contribution in [-0.2, 0) is 4.79 Å². The maximum Gasteiger partial charge on any atom is 0.343 e. The number of hydrogen-bond acceptors (Lipinski definition) is 8. The van der Waals surface area contributed by atoms with Crippen molar-refractivity contribution >= 4 is 35.4 Å². The lowest BCUT2D eigenvalue weighted by Crippen LogP contribution is -2.18. The van der Waals surface area contributed by atoms with E-state index in [0.29, 0.717) is 11.4 Å². The molecule has 2 N–H and O–H groups in total. The van der Waals surface area contributed by atoms with Gasteiger partial charge in [-0.25, -0.2) is 10.2 Å². The third kappa shape index (κ3) is 6.48.